The number of nitriles is 1. The average molecular weight is 367 g/mol. The average Bonchev–Trinajstić information content (AvgIpc) is 2.66. The van der Waals surface area contributed by atoms with Crippen LogP contribution in [0.2, 0.25) is 0 Å². The Labute approximate surface area is 160 Å². The SMILES string of the molecule is C=C(C)C(=O)O.C=CCC(C=CC#N)C(=C)C(=O)O.C=Cc1ccccc1. The molecule has 1 atom stereocenters. The summed E-state index contributed by atoms with van der Waals surface area (Å²) in [5.74, 6) is -2.32. The highest BCUT2D eigenvalue weighted by atomic mass is 16.4. The number of rotatable bonds is 7. The highest BCUT2D eigenvalue weighted by Gasteiger charge is 2.13. The van der Waals surface area contributed by atoms with Crippen molar-refractivity contribution in [3.63, 3.8) is 0 Å². The summed E-state index contributed by atoms with van der Waals surface area (Å²) < 4.78 is 0. The predicted molar refractivity (Wildman–Crippen MR) is 109 cm³/mol. The van der Waals surface area contributed by atoms with Crippen LogP contribution < -0.4 is 0 Å². The van der Waals surface area contributed by atoms with Crippen LogP contribution in [0.25, 0.3) is 6.08 Å². The van der Waals surface area contributed by atoms with E-state index in [1.54, 1.807) is 12.1 Å². The summed E-state index contributed by atoms with van der Waals surface area (Å²) >= 11 is 0. The van der Waals surface area contributed by atoms with E-state index < -0.39 is 11.9 Å². The van der Waals surface area contributed by atoms with E-state index in [-0.39, 0.29) is 17.1 Å². The third-order valence-corrected chi connectivity index (χ3v) is 2.95. The molecule has 0 radical (unpaired) electrons. The fourth-order valence-corrected chi connectivity index (χ4v) is 1.42. The van der Waals surface area contributed by atoms with Gasteiger partial charge in [0.2, 0.25) is 0 Å². The Kier molecular flexibility index (Phi) is 15.0. The lowest BCUT2D eigenvalue weighted by Gasteiger charge is -2.08. The smallest absolute Gasteiger partial charge is 0.331 e. The molecule has 1 aromatic carbocycles. The fraction of sp³-hybridized carbons (Fsp3) is 0.136. The van der Waals surface area contributed by atoms with Crippen molar-refractivity contribution in [1.82, 2.24) is 0 Å². The van der Waals surface area contributed by atoms with Gasteiger partial charge < -0.3 is 10.2 Å². The molecule has 142 valence electrons. The minimum absolute atomic E-state index is 0.0754. The third kappa shape index (κ3) is 14.4. The number of aliphatic carboxylic acids is 2. The Hall–Kier alpha value is -3.65. The zero-order valence-electron chi connectivity index (χ0n) is 15.5. The van der Waals surface area contributed by atoms with E-state index in [1.165, 1.54) is 24.6 Å². The predicted octanol–water partition coefficient (Wildman–Crippen LogP) is 4.88. The van der Waals surface area contributed by atoms with Crippen LogP contribution in [0, 0.1) is 17.2 Å². The summed E-state index contributed by atoms with van der Waals surface area (Å²) in [5, 5.41) is 24.8. The molecule has 0 aliphatic heterocycles. The first-order valence-corrected chi connectivity index (χ1v) is 7.86. The molecule has 0 fully saturated rings. The summed E-state index contributed by atoms with van der Waals surface area (Å²) in [6.07, 6.45) is 6.67. The van der Waals surface area contributed by atoms with E-state index in [4.69, 9.17) is 15.5 Å². The Balaban J connectivity index is 0. The van der Waals surface area contributed by atoms with Crippen LogP contribution in [-0.4, -0.2) is 22.2 Å². The van der Waals surface area contributed by atoms with Crippen molar-refractivity contribution >= 4 is 18.0 Å². The lowest BCUT2D eigenvalue weighted by molar-refractivity contribution is -0.133. The molecule has 27 heavy (non-hydrogen) atoms. The van der Waals surface area contributed by atoms with E-state index in [0.29, 0.717) is 6.42 Å². The first kappa shape index (κ1) is 25.6. The molecule has 0 bridgehead atoms. The van der Waals surface area contributed by atoms with E-state index in [1.807, 2.05) is 36.4 Å². The molecule has 0 aliphatic rings. The molecule has 1 unspecified atom stereocenters. The lowest BCUT2D eigenvalue weighted by atomic mass is 9.96. The fourth-order valence-electron chi connectivity index (χ4n) is 1.42. The molecule has 1 rings (SSSR count). The van der Waals surface area contributed by atoms with Gasteiger partial charge in [-0.25, -0.2) is 9.59 Å². The van der Waals surface area contributed by atoms with Gasteiger partial charge in [0.05, 0.1) is 6.07 Å². The third-order valence-electron chi connectivity index (χ3n) is 2.95. The van der Waals surface area contributed by atoms with Crippen molar-refractivity contribution < 1.29 is 19.8 Å². The number of carboxylic acid groups (broad SMARTS) is 2. The molecule has 0 saturated heterocycles. The van der Waals surface area contributed by atoms with E-state index in [2.05, 4.69) is 26.3 Å². The lowest BCUT2D eigenvalue weighted by Crippen LogP contribution is -2.08. The van der Waals surface area contributed by atoms with Crippen molar-refractivity contribution in [1.29, 1.82) is 5.26 Å². The maximum Gasteiger partial charge on any atom is 0.331 e. The topological polar surface area (TPSA) is 98.4 Å². The van der Waals surface area contributed by atoms with E-state index in [0.717, 1.165) is 0 Å². The molecule has 2 N–H and O–H groups in total. The van der Waals surface area contributed by atoms with Crippen LogP contribution in [-0.2, 0) is 9.59 Å². The molecule has 0 amide bonds. The van der Waals surface area contributed by atoms with Gasteiger partial charge in [0.1, 0.15) is 0 Å². The number of allylic oxidation sites excluding steroid dienone is 3. The number of benzene rings is 1. The molecule has 0 aliphatic carbocycles. The minimum Gasteiger partial charge on any atom is -0.478 e. The summed E-state index contributed by atoms with van der Waals surface area (Å²) in [6.45, 7) is 15.2. The quantitative estimate of drug-likeness (QED) is 0.407. The molecular weight excluding hydrogens is 342 g/mol. The van der Waals surface area contributed by atoms with Crippen molar-refractivity contribution in [2.24, 2.45) is 5.92 Å². The minimum atomic E-state index is -1.05. The van der Waals surface area contributed by atoms with Gasteiger partial charge in [0.15, 0.2) is 0 Å². The monoisotopic (exact) mass is 367 g/mol. The standard InChI is InChI=1S/C10H11NO2.C8H8.C4H6O2/c1-3-5-9(6-4-7-11)8(2)10(12)13;1-2-8-6-4-3-5-7-8;1-3(2)4(5)6/h3-4,6,9H,1-2,5H2,(H,12,13);2-7H,1H2;1H2,2H3,(H,5,6). The van der Waals surface area contributed by atoms with Gasteiger partial charge in [-0.2, -0.15) is 5.26 Å². The highest BCUT2D eigenvalue weighted by molar-refractivity contribution is 5.86. The van der Waals surface area contributed by atoms with Crippen molar-refractivity contribution in [2.75, 3.05) is 0 Å². The van der Waals surface area contributed by atoms with E-state index >= 15 is 0 Å². The van der Waals surface area contributed by atoms with Crippen molar-refractivity contribution in [3.05, 3.63) is 91.6 Å². The number of hydrogen-bond acceptors (Lipinski definition) is 3. The number of nitrogens with zero attached hydrogens (tertiary/aromatic N) is 1. The molecular formula is C22H25NO4. The Morgan fingerprint density at radius 2 is 1.67 bits per heavy atom. The Bertz CT molecular complexity index is 712. The Morgan fingerprint density at radius 1 is 1.15 bits per heavy atom. The van der Waals surface area contributed by atoms with Gasteiger partial charge in [0, 0.05) is 23.1 Å². The summed E-state index contributed by atoms with van der Waals surface area (Å²) in [4.78, 5) is 20.1. The van der Waals surface area contributed by atoms with Crippen LogP contribution in [0.3, 0.4) is 0 Å². The van der Waals surface area contributed by atoms with E-state index in [9.17, 15) is 9.59 Å². The largest absolute Gasteiger partial charge is 0.478 e. The second-order valence-electron chi connectivity index (χ2n) is 5.15. The molecule has 1 aromatic rings. The maximum absolute atomic E-state index is 10.5. The van der Waals surface area contributed by atoms with Crippen LogP contribution in [0.4, 0.5) is 0 Å². The molecule has 5 heteroatoms. The van der Waals surface area contributed by atoms with Crippen LogP contribution in [0.5, 0.6) is 0 Å². The first-order valence-electron chi connectivity index (χ1n) is 7.86. The van der Waals surface area contributed by atoms with Gasteiger partial charge in [-0.05, 0) is 18.9 Å². The molecule has 5 nitrogen and oxygen atoms in total. The van der Waals surface area contributed by atoms with Gasteiger partial charge in [-0.3, -0.25) is 0 Å². The van der Waals surface area contributed by atoms with Gasteiger partial charge >= 0.3 is 11.9 Å². The van der Waals surface area contributed by atoms with Gasteiger partial charge in [0.25, 0.3) is 0 Å². The van der Waals surface area contributed by atoms with Crippen LogP contribution in [0.1, 0.15) is 18.9 Å². The van der Waals surface area contributed by atoms with Gasteiger partial charge in [-0.1, -0.05) is 68.3 Å². The van der Waals surface area contributed by atoms with Gasteiger partial charge in [-0.15, -0.1) is 6.58 Å². The van der Waals surface area contributed by atoms with Crippen molar-refractivity contribution in [3.8, 4) is 6.07 Å². The number of hydrogen-bond donors (Lipinski definition) is 2. The number of carbonyl (C=O) groups is 2. The normalized spacial score (nSPS) is 9.93. The second-order valence-corrected chi connectivity index (χ2v) is 5.15. The zero-order chi connectivity index (χ0) is 21.2. The first-order chi connectivity index (χ1) is 12.7. The summed E-state index contributed by atoms with van der Waals surface area (Å²) in [5.41, 5.74) is 1.42. The second kappa shape index (κ2) is 15.9. The molecule has 0 spiro atoms. The Morgan fingerprint density at radius 3 is 1.96 bits per heavy atom. The van der Waals surface area contributed by atoms with Crippen molar-refractivity contribution in [2.45, 2.75) is 13.3 Å². The zero-order valence-corrected chi connectivity index (χ0v) is 15.5. The molecule has 0 aromatic heterocycles. The molecule has 0 heterocycles. The maximum atomic E-state index is 10.5. The van der Waals surface area contributed by atoms with Crippen LogP contribution >= 0.6 is 0 Å². The molecule has 0 saturated carbocycles. The van der Waals surface area contributed by atoms with Crippen LogP contribution in [0.15, 0.2) is 86.0 Å². The highest BCUT2D eigenvalue weighted by Crippen LogP contribution is 2.15. The summed E-state index contributed by atoms with van der Waals surface area (Å²) in [6, 6.07) is 11.8. The summed E-state index contributed by atoms with van der Waals surface area (Å²) in [7, 11) is 0. The number of carboxylic acids is 2.